The number of anilines is 1. The molecule has 1 N–H and O–H groups in total. The SMILES string of the molecule is CCCNC(=O)[C@H](Cc1ccccc1)N(Cc1cccc(OC)c1)C(=O)CN(c1ccc(C)c(Cl)c1)S(C)(=O)=O. The predicted octanol–water partition coefficient (Wildman–Crippen LogP) is 4.59. The Hall–Kier alpha value is -3.56. The van der Waals surface area contributed by atoms with Crippen LogP contribution in [0.5, 0.6) is 5.75 Å². The number of halogens is 1. The maximum atomic E-state index is 14.1. The summed E-state index contributed by atoms with van der Waals surface area (Å²) in [5.41, 5.74) is 2.65. The van der Waals surface area contributed by atoms with Gasteiger partial charge in [0.25, 0.3) is 0 Å². The number of amides is 2. The van der Waals surface area contributed by atoms with Gasteiger partial charge in [-0.2, -0.15) is 0 Å². The first-order valence-corrected chi connectivity index (χ1v) is 15.2. The van der Waals surface area contributed by atoms with E-state index in [0.717, 1.165) is 33.7 Å². The van der Waals surface area contributed by atoms with E-state index in [9.17, 15) is 18.0 Å². The van der Waals surface area contributed by atoms with Gasteiger partial charge >= 0.3 is 0 Å². The van der Waals surface area contributed by atoms with E-state index in [4.69, 9.17) is 16.3 Å². The molecule has 0 aliphatic heterocycles. The molecule has 0 aromatic heterocycles. The standard InChI is InChI=1S/C30H36ClN3O5S/c1-5-16-32-30(36)28(18-23-10-7-6-8-11-23)33(20-24-12-9-13-26(17-24)39-3)29(35)21-34(40(4,37)38)25-15-14-22(2)27(31)19-25/h6-15,17,19,28H,5,16,18,20-21H2,1-4H3,(H,32,36)/t28-/m0/s1. The zero-order valence-corrected chi connectivity index (χ0v) is 24.8. The minimum Gasteiger partial charge on any atom is -0.497 e. The van der Waals surface area contributed by atoms with Crippen LogP contribution in [0.4, 0.5) is 5.69 Å². The molecule has 0 spiro atoms. The van der Waals surface area contributed by atoms with Crippen molar-refractivity contribution in [1.82, 2.24) is 10.2 Å². The van der Waals surface area contributed by atoms with Crippen LogP contribution in [0.3, 0.4) is 0 Å². The largest absolute Gasteiger partial charge is 0.497 e. The molecule has 0 radical (unpaired) electrons. The van der Waals surface area contributed by atoms with Crippen LogP contribution < -0.4 is 14.4 Å². The van der Waals surface area contributed by atoms with E-state index in [0.29, 0.717) is 17.3 Å². The van der Waals surface area contributed by atoms with Crippen molar-refractivity contribution in [2.24, 2.45) is 0 Å². The number of sulfonamides is 1. The lowest BCUT2D eigenvalue weighted by Crippen LogP contribution is -2.53. The Morgan fingerprint density at radius 1 is 1.00 bits per heavy atom. The highest BCUT2D eigenvalue weighted by atomic mass is 35.5. The Morgan fingerprint density at radius 3 is 2.33 bits per heavy atom. The highest BCUT2D eigenvalue weighted by Crippen LogP contribution is 2.26. The van der Waals surface area contributed by atoms with Gasteiger partial charge in [-0.15, -0.1) is 0 Å². The minimum atomic E-state index is -3.87. The van der Waals surface area contributed by atoms with Crippen molar-refractivity contribution in [3.8, 4) is 5.75 Å². The number of hydrogen-bond donors (Lipinski definition) is 1. The molecule has 0 bridgehead atoms. The second-order valence-electron chi connectivity index (χ2n) is 9.57. The monoisotopic (exact) mass is 585 g/mol. The summed E-state index contributed by atoms with van der Waals surface area (Å²) < 4.78 is 32.1. The van der Waals surface area contributed by atoms with Gasteiger partial charge in [-0.3, -0.25) is 13.9 Å². The fourth-order valence-electron chi connectivity index (χ4n) is 4.24. The summed E-state index contributed by atoms with van der Waals surface area (Å²) in [6.07, 6.45) is 2.01. The number of rotatable bonds is 13. The number of nitrogens with zero attached hydrogens (tertiary/aromatic N) is 2. The van der Waals surface area contributed by atoms with Gasteiger partial charge in [0.05, 0.1) is 19.1 Å². The van der Waals surface area contributed by atoms with Crippen LogP contribution in [0, 0.1) is 6.92 Å². The topological polar surface area (TPSA) is 96.0 Å². The summed E-state index contributed by atoms with van der Waals surface area (Å²) >= 11 is 6.29. The first-order chi connectivity index (χ1) is 19.0. The Balaban J connectivity index is 2.06. The van der Waals surface area contributed by atoms with Crippen LogP contribution >= 0.6 is 11.6 Å². The third-order valence-corrected chi connectivity index (χ3v) is 7.98. The lowest BCUT2D eigenvalue weighted by atomic mass is 10.0. The van der Waals surface area contributed by atoms with Crippen LogP contribution in [0.25, 0.3) is 0 Å². The van der Waals surface area contributed by atoms with E-state index < -0.39 is 28.5 Å². The van der Waals surface area contributed by atoms with Gasteiger partial charge in [-0.05, 0) is 54.3 Å². The quantitative estimate of drug-likeness (QED) is 0.317. The first-order valence-electron chi connectivity index (χ1n) is 13.0. The molecule has 0 aliphatic carbocycles. The molecule has 3 aromatic carbocycles. The number of carbonyl (C=O) groups is 2. The number of nitrogens with one attached hydrogen (secondary N) is 1. The van der Waals surface area contributed by atoms with E-state index in [1.165, 1.54) is 11.0 Å². The van der Waals surface area contributed by atoms with Crippen LogP contribution in [0.1, 0.15) is 30.0 Å². The first kappa shape index (κ1) is 31.0. The van der Waals surface area contributed by atoms with Crippen molar-refractivity contribution in [3.05, 3.63) is 94.5 Å². The number of benzene rings is 3. The molecule has 8 nitrogen and oxygen atoms in total. The molecule has 0 aliphatic rings. The number of hydrogen-bond acceptors (Lipinski definition) is 5. The number of ether oxygens (including phenoxy) is 1. The lowest BCUT2D eigenvalue weighted by Gasteiger charge is -2.33. The number of methoxy groups -OCH3 is 1. The summed E-state index contributed by atoms with van der Waals surface area (Å²) in [5.74, 6) is -0.240. The average Bonchev–Trinajstić information content (AvgIpc) is 2.93. The van der Waals surface area contributed by atoms with Crippen LogP contribution in [0.2, 0.25) is 5.02 Å². The minimum absolute atomic E-state index is 0.0688. The molecular weight excluding hydrogens is 550 g/mol. The highest BCUT2D eigenvalue weighted by molar-refractivity contribution is 7.92. The van der Waals surface area contributed by atoms with Crippen LogP contribution in [-0.4, -0.2) is 57.6 Å². The summed E-state index contributed by atoms with van der Waals surface area (Å²) in [4.78, 5) is 29.0. The number of aryl methyl sites for hydroxylation is 1. The van der Waals surface area contributed by atoms with Crippen LogP contribution in [0.15, 0.2) is 72.8 Å². The van der Waals surface area contributed by atoms with Gasteiger partial charge in [-0.1, -0.05) is 67.1 Å². The molecule has 10 heteroatoms. The van der Waals surface area contributed by atoms with Gasteiger partial charge in [0.2, 0.25) is 21.8 Å². The van der Waals surface area contributed by atoms with E-state index in [1.54, 1.807) is 44.4 Å². The van der Waals surface area contributed by atoms with Crippen molar-refractivity contribution in [2.45, 2.75) is 39.3 Å². The molecule has 2 amide bonds. The fraction of sp³-hybridized carbons (Fsp3) is 0.333. The zero-order chi connectivity index (χ0) is 29.3. The predicted molar refractivity (Wildman–Crippen MR) is 159 cm³/mol. The lowest BCUT2D eigenvalue weighted by molar-refractivity contribution is -0.140. The molecule has 3 aromatic rings. The van der Waals surface area contributed by atoms with Crippen molar-refractivity contribution in [1.29, 1.82) is 0 Å². The molecule has 1 atom stereocenters. The van der Waals surface area contributed by atoms with Crippen molar-refractivity contribution >= 4 is 39.1 Å². The van der Waals surface area contributed by atoms with Crippen molar-refractivity contribution < 1.29 is 22.7 Å². The van der Waals surface area contributed by atoms with Gasteiger partial charge in [0, 0.05) is 24.5 Å². The Morgan fingerprint density at radius 2 is 1.70 bits per heavy atom. The highest BCUT2D eigenvalue weighted by Gasteiger charge is 2.33. The third-order valence-electron chi connectivity index (χ3n) is 6.43. The second-order valence-corrected chi connectivity index (χ2v) is 11.9. The summed E-state index contributed by atoms with van der Waals surface area (Å²) in [6, 6.07) is 20.6. The normalized spacial score (nSPS) is 11.9. The van der Waals surface area contributed by atoms with Crippen molar-refractivity contribution in [3.63, 3.8) is 0 Å². The summed E-state index contributed by atoms with van der Waals surface area (Å²) in [6.45, 7) is 3.76. The molecule has 40 heavy (non-hydrogen) atoms. The molecule has 3 rings (SSSR count). The molecule has 214 valence electrons. The molecule has 0 fully saturated rings. The molecule has 0 heterocycles. The van der Waals surface area contributed by atoms with Gasteiger partial charge < -0.3 is 15.0 Å². The van der Waals surface area contributed by atoms with Crippen LogP contribution in [-0.2, 0) is 32.6 Å². The average molecular weight is 586 g/mol. The smallest absolute Gasteiger partial charge is 0.244 e. The summed E-state index contributed by atoms with van der Waals surface area (Å²) in [7, 11) is -2.32. The van der Waals surface area contributed by atoms with E-state index in [1.807, 2.05) is 43.3 Å². The van der Waals surface area contributed by atoms with Gasteiger partial charge in [0.15, 0.2) is 0 Å². The number of carbonyl (C=O) groups excluding carboxylic acids is 2. The molecule has 0 saturated carbocycles. The van der Waals surface area contributed by atoms with Gasteiger partial charge in [-0.25, -0.2) is 8.42 Å². The second kappa shape index (κ2) is 14.2. The Bertz CT molecular complexity index is 1420. The maximum absolute atomic E-state index is 14.1. The maximum Gasteiger partial charge on any atom is 0.244 e. The van der Waals surface area contributed by atoms with Gasteiger partial charge in [0.1, 0.15) is 18.3 Å². The Labute approximate surface area is 241 Å². The van der Waals surface area contributed by atoms with E-state index in [2.05, 4.69) is 5.32 Å². The molecule has 0 saturated heterocycles. The third kappa shape index (κ3) is 8.47. The fourth-order valence-corrected chi connectivity index (χ4v) is 5.25. The van der Waals surface area contributed by atoms with E-state index in [-0.39, 0.29) is 24.6 Å². The molecule has 0 unspecified atom stereocenters. The molecular formula is C30H36ClN3O5S. The van der Waals surface area contributed by atoms with E-state index >= 15 is 0 Å². The van der Waals surface area contributed by atoms with Crippen molar-refractivity contribution in [2.75, 3.05) is 30.8 Å². The Kier molecular flexibility index (Phi) is 11.0. The zero-order valence-electron chi connectivity index (χ0n) is 23.3. The summed E-state index contributed by atoms with van der Waals surface area (Å²) in [5, 5.41) is 3.30.